The number of halogens is 1. The zero-order valence-corrected chi connectivity index (χ0v) is 10.4. The molecule has 1 aromatic carbocycles. The Labute approximate surface area is 98.1 Å². The Morgan fingerprint density at radius 2 is 2.27 bits per heavy atom. The summed E-state index contributed by atoms with van der Waals surface area (Å²) >= 11 is 3.39. The fourth-order valence-corrected chi connectivity index (χ4v) is 1.74. The third-order valence-corrected chi connectivity index (χ3v) is 2.57. The molecule has 0 atom stereocenters. The number of esters is 1. The van der Waals surface area contributed by atoms with Gasteiger partial charge in [0.05, 0.1) is 7.11 Å². The summed E-state index contributed by atoms with van der Waals surface area (Å²) in [6, 6.07) is 7.88. The number of carbonyl (C=O) groups excluding carboxylic acids is 1. The summed E-state index contributed by atoms with van der Waals surface area (Å²) in [6.45, 7) is 1.84. The Bertz CT molecular complexity index is 383. The molecule has 0 bridgehead atoms. The fourth-order valence-electron chi connectivity index (χ4n) is 1.29. The normalized spacial score (nSPS) is 11.3. The molecule has 0 aliphatic rings. The van der Waals surface area contributed by atoms with E-state index in [0.29, 0.717) is 12.0 Å². The van der Waals surface area contributed by atoms with Crippen LogP contribution >= 0.6 is 15.9 Å². The van der Waals surface area contributed by atoms with Crippen molar-refractivity contribution in [3.8, 4) is 0 Å². The first-order valence-electron chi connectivity index (χ1n) is 4.65. The molecule has 1 rings (SSSR count). The maximum Gasteiger partial charge on any atom is 0.333 e. The lowest BCUT2D eigenvalue weighted by Gasteiger charge is -2.05. The van der Waals surface area contributed by atoms with Crippen LogP contribution in [0.3, 0.4) is 0 Å². The summed E-state index contributed by atoms with van der Waals surface area (Å²) in [5, 5.41) is 0. The van der Waals surface area contributed by atoms with Crippen LogP contribution in [0.2, 0.25) is 0 Å². The van der Waals surface area contributed by atoms with Crippen LogP contribution in [0, 0.1) is 0 Å². The van der Waals surface area contributed by atoms with Crippen molar-refractivity contribution in [2.75, 3.05) is 7.11 Å². The highest BCUT2D eigenvalue weighted by molar-refractivity contribution is 9.10. The van der Waals surface area contributed by atoms with Crippen LogP contribution < -0.4 is 0 Å². The average Bonchev–Trinajstić information content (AvgIpc) is 2.25. The van der Waals surface area contributed by atoms with E-state index in [1.54, 1.807) is 6.08 Å². The molecule has 0 radical (unpaired) electrons. The third-order valence-electron chi connectivity index (χ3n) is 2.08. The summed E-state index contributed by atoms with van der Waals surface area (Å²) in [5.74, 6) is -0.266. The number of hydrogen-bond acceptors (Lipinski definition) is 2. The summed E-state index contributed by atoms with van der Waals surface area (Å²) in [4.78, 5) is 11.3. The number of methoxy groups -OCH3 is 1. The molecule has 0 heterocycles. The van der Waals surface area contributed by atoms with Gasteiger partial charge in [0.15, 0.2) is 0 Å². The van der Waals surface area contributed by atoms with Gasteiger partial charge in [-0.05, 0) is 24.6 Å². The second-order valence-electron chi connectivity index (χ2n) is 3.11. The minimum atomic E-state index is -0.266. The van der Waals surface area contributed by atoms with Crippen LogP contribution in [0.25, 0.3) is 0 Å². The van der Waals surface area contributed by atoms with Crippen LogP contribution in [0.15, 0.2) is 40.4 Å². The van der Waals surface area contributed by atoms with Gasteiger partial charge in [-0.25, -0.2) is 4.79 Å². The molecule has 0 aromatic heterocycles. The molecule has 0 aliphatic heterocycles. The maximum absolute atomic E-state index is 11.3. The lowest BCUT2D eigenvalue weighted by Crippen LogP contribution is -2.07. The van der Waals surface area contributed by atoms with Gasteiger partial charge in [0.2, 0.25) is 0 Å². The van der Waals surface area contributed by atoms with Gasteiger partial charge < -0.3 is 4.74 Å². The molecule has 3 heteroatoms. The third kappa shape index (κ3) is 3.51. The van der Waals surface area contributed by atoms with E-state index in [4.69, 9.17) is 0 Å². The highest BCUT2D eigenvalue weighted by atomic mass is 79.9. The Morgan fingerprint density at radius 3 is 2.80 bits per heavy atom. The fraction of sp³-hybridized carbons (Fsp3) is 0.250. The molecular formula is C12H13BrO2. The van der Waals surface area contributed by atoms with Crippen LogP contribution in [-0.4, -0.2) is 13.1 Å². The first-order chi connectivity index (χ1) is 7.17. The number of benzene rings is 1. The minimum absolute atomic E-state index is 0.266. The van der Waals surface area contributed by atoms with E-state index in [0.717, 1.165) is 10.0 Å². The molecule has 0 spiro atoms. The van der Waals surface area contributed by atoms with Gasteiger partial charge in [-0.15, -0.1) is 0 Å². The molecule has 0 amide bonds. The Kier molecular flexibility index (Phi) is 4.56. The summed E-state index contributed by atoms with van der Waals surface area (Å²) < 4.78 is 5.70. The molecule has 0 aliphatic carbocycles. The lowest BCUT2D eigenvalue weighted by molar-refractivity contribution is -0.136. The van der Waals surface area contributed by atoms with Gasteiger partial charge in [0.25, 0.3) is 0 Å². The zero-order valence-electron chi connectivity index (χ0n) is 8.79. The Hall–Kier alpha value is -1.09. The largest absolute Gasteiger partial charge is 0.466 e. The maximum atomic E-state index is 11.3. The molecular weight excluding hydrogens is 256 g/mol. The van der Waals surface area contributed by atoms with Gasteiger partial charge in [-0.1, -0.05) is 34.1 Å². The van der Waals surface area contributed by atoms with Crippen molar-refractivity contribution in [3.63, 3.8) is 0 Å². The predicted octanol–water partition coefficient (Wildman–Crippen LogP) is 3.11. The number of hydrogen-bond donors (Lipinski definition) is 0. The van der Waals surface area contributed by atoms with Crippen LogP contribution in [0.5, 0.6) is 0 Å². The molecule has 2 nitrogen and oxygen atoms in total. The van der Waals surface area contributed by atoms with Gasteiger partial charge in [-0.3, -0.25) is 0 Å². The van der Waals surface area contributed by atoms with Crippen molar-refractivity contribution < 1.29 is 9.53 Å². The molecule has 0 N–H and O–H groups in total. The van der Waals surface area contributed by atoms with E-state index >= 15 is 0 Å². The molecule has 0 saturated carbocycles. The van der Waals surface area contributed by atoms with E-state index in [1.807, 2.05) is 31.2 Å². The smallest absolute Gasteiger partial charge is 0.333 e. The van der Waals surface area contributed by atoms with Crippen LogP contribution in [0.1, 0.15) is 12.5 Å². The molecule has 0 unspecified atom stereocenters. The topological polar surface area (TPSA) is 26.3 Å². The molecule has 80 valence electrons. The van der Waals surface area contributed by atoms with E-state index in [-0.39, 0.29) is 5.97 Å². The van der Waals surface area contributed by atoms with Crippen molar-refractivity contribution in [3.05, 3.63) is 46.0 Å². The lowest BCUT2D eigenvalue weighted by atomic mass is 10.1. The van der Waals surface area contributed by atoms with Gasteiger partial charge in [0, 0.05) is 16.5 Å². The summed E-state index contributed by atoms with van der Waals surface area (Å²) in [6.07, 6.45) is 2.38. The second-order valence-corrected chi connectivity index (χ2v) is 4.03. The van der Waals surface area contributed by atoms with Crippen molar-refractivity contribution in [1.82, 2.24) is 0 Å². The molecule has 0 saturated heterocycles. The number of allylic oxidation sites excluding steroid dienone is 1. The van der Waals surface area contributed by atoms with Crippen molar-refractivity contribution in [1.29, 1.82) is 0 Å². The van der Waals surface area contributed by atoms with E-state index in [9.17, 15) is 4.79 Å². The first kappa shape index (κ1) is 12.0. The first-order valence-corrected chi connectivity index (χ1v) is 5.44. The Morgan fingerprint density at radius 1 is 1.53 bits per heavy atom. The number of carbonyl (C=O) groups is 1. The molecule has 0 fully saturated rings. The van der Waals surface area contributed by atoms with Crippen molar-refractivity contribution in [2.24, 2.45) is 0 Å². The number of rotatable bonds is 3. The SMILES string of the molecule is C/C=C(\Cc1cccc(Br)c1)C(=O)OC. The van der Waals surface area contributed by atoms with E-state index < -0.39 is 0 Å². The zero-order chi connectivity index (χ0) is 11.3. The van der Waals surface area contributed by atoms with Crippen molar-refractivity contribution in [2.45, 2.75) is 13.3 Å². The van der Waals surface area contributed by atoms with Gasteiger partial charge in [-0.2, -0.15) is 0 Å². The highest BCUT2D eigenvalue weighted by Gasteiger charge is 2.08. The highest BCUT2D eigenvalue weighted by Crippen LogP contribution is 2.15. The van der Waals surface area contributed by atoms with Gasteiger partial charge in [0.1, 0.15) is 0 Å². The monoisotopic (exact) mass is 268 g/mol. The van der Waals surface area contributed by atoms with Crippen LogP contribution in [0.4, 0.5) is 0 Å². The summed E-state index contributed by atoms with van der Waals surface area (Å²) in [7, 11) is 1.40. The minimum Gasteiger partial charge on any atom is -0.466 e. The quantitative estimate of drug-likeness (QED) is 0.622. The predicted molar refractivity (Wildman–Crippen MR) is 63.6 cm³/mol. The molecule has 1 aromatic rings. The second kappa shape index (κ2) is 5.71. The van der Waals surface area contributed by atoms with Gasteiger partial charge >= 0.3 is 5.97 Å². The molecule has 15 heavy (non-hydrogen) atoms. The average molecular weight is 269 g/mol. The van der Waals surface area contributed by atoms with E-state index in [2.05, 4.69) is 20.7 Å². The van der Waals surface area contributed by atoms with Crippen LogP contribution in [-0.2, 0) is 16.0 Å². The standard InChI is InChI=1S/C12H13BrO2/c1-3-10(12(14)15-2)7-9-5-4-6-11(13)8-9/h3-6,8H,7H2,1-2H3/b10-3+. The van der Waals surface area contributed by atoms with E-state index in [1.165, 1.54) is 7.11 Å². The number of ether oxygens (including phenoxy) is 1. The van der Waals surface area contributed by atoms with Crippen molar-refractivity contribution >= 4 is 21.9 Å². The Balaban J connectivity index is 2.81. The summed E-state index contributed by atoms with van der Waals surface area (Å²) in [5.41, 5.74) is 1.76.